The summed E-state index contributed by atoms with van der Waals surface area (Å²) < 4.78 is 13.1. The van der Waals surface area contributed by atoms with Crippen molar-refractivity contribution < 1.29 is 14.3 Å². The summed E-state index contributed by atoms with van der Waals surface area (Å²) in [6.45, 7) is 7.08. The Morgan fingerprint density at radius 1 is 1.36 bits per heavy atom. The quantitative estimate of drug-likeness (QED) is 0.572. The van der Waals surface area contributed by atoms with Crippen molar-refractivity contribution >= 4 is 5.78 Å². The first-order chi connectivity index (χ1) is 12.0. The van der Waals surface area contributed by atoms with Gasteiger partial charge in [0.2, 0.25) is 5.78 Å². The van der Waals surface area contributed by atoms with Crippen LogP contribution >= 0.6 is 0 Å². The van der Waals surface area contributed by atoms with Crippen LogP contribution in [-0.2, 0) is 9.47 Å². The third-order valence-electron chi connectivity index (χ3n) is 4.39. The number of carbonyl (C=O) groups excluding carboxylic acids is 1. The number of allylic oxidation sites excluding steroid dienone is 1. The van der Waals surface area contributed by atoms with Gasteiger partial charge in [-0.05, 0) is 32.4 Å². The number of rotatable bonds is 7. The summed E-state index contributed by atoms with van der Waals surface area (Å²) in [5.74, 6) is -0.0753. The molecule has 0 aliphatic carbocycles. The number of hydrogen-bond acceptors (Lipinski definition) is 4. The lowest BCUT2D eigenvalue weighted by atomic mass is 9.99. The van der Waals surface area contributed by atoms with E-state index in [0.717, 1.165) is 11.1 Å². The molecule has 1 aromatic carbocycles. The van der Waals surface area contributed by atoms with Gasteiger partial charge in [0.05, 0.1) is 31.8 Å². The number of Topliss-reactive ketones (excluding diaryl/α,β-unsaturated/α-hetero) is 1. The Hall–Kier alpha value is -2.24. The van der Waals surface area contributed by atoms with Crippen LogP contribution < -0.4 is 0 Å². The molecule has 0 amide bonds. The van der Waals surface area contributed by atoms with Gasteiger partial charge in [-0.1, -0.05) is 35.9 Å². The second-order valence-electron chi connectivity index (χ2n) is 6.76. The van der Waals surface area contributed by atoms with Crippen molar-refractivity contribution in [2.45, 2.75) is 32.4 Å². The maximum atomic E-state index is 12.7. The van der Waals surface area contributed by atoms with Crippen molar-refractivity contribution in [3.05, 3.63) is 65.8 Å². The van der Waals surface area contributed by atoms with Crippen LogP contribution in [0.5, 0.6) is 0 Å². The highest BCUT2D eigenvalue weighted by molar-refractivity contribution is 5.95. The van der Waals surface area contributed by atoms with E-state index in [1.54, 1.807) is 12.5 Å². The molecule has 5 nitrogen and oxygen atoms in total. The van der Waals surface area contributed by atoms with Gasteiger partial charge in [-0.15, -0.1) is 0 Å². The molecule has 0 saturated carbocycles. The van der Waals surface area contributed by atoms with E-state index in [0.29, 0.717) is 18.9 Å². The average Bonchev–Trinajstić information content (AvgIpc) is 3.06. The first kappa shape index (κ1) is 17.6. The molecule has 1 saturated heterocycles. The van der Waals surface area contributed by atoms with Crippen LogP contribution in [0.1, 0.15) is 42.9 Å². The molecule has 0 radical (unpaired) electrons. The zero-order valence-electron chi connectivity index (χ0n) is 14.9. The Morgan fingerprint density at radius 3 is 2.68 bits per heavy atom. The largest absolute Gasteiger partial charge is 0.375 e. The molecule has 1 fully saturated rings. The van der Waals surface area contributed by atoms with E-state index >= 15 is 0 Å². The number of aromatic nitrogens is 2. The third-order valence-corrected chi connectivity index (χ3v) is 4.39. The highest BCUT2D eigenvalue weighted by Crippen LogP contribution is 2.26. The molecule has 2 aromatic rings. The van der Waals surface area contributed by atoms with Crippen LogP contribution in [0, 0.1) is 0 Å². The van der Waals surface area contributed by atoms with Crippen molar-refractivity contribution in [1.82, 2.24) is 9.55 Å². The zero-order chi connectivity index (χ0) is 17.9. The monoisotopic (exact) mass is 340 g/mol. The summed E-state index contributed by atoms with van der Waals surface area (Å²) in [6.07, 6.45) is 5.34. The molecule has 5 heteroatoms. The Labute approximate surface area is 148 Å². The maximum Gasteiger partial charge on any atom is 0.206 e. The number of carbonyl (C=O) groups is 1. The van der Waals surface area contributed by atoms with Gasteiger partial charge in [0, 0.05) is 0 Å². The summed E-state index contributed by atoms with van der Waals surface area (Å²) in [5, 5.41) is 0. The standard InChI is InChI=1S/C20H24N2O3/c1-15(2)9-20(12-24-13-20)25-11-19(23)18-10-21-14-22(18)16(3)17-7-5-4-6-8-17/h4-10,14,16H,11-13H2,1-3H3/t16-/m1/s1. The molecule has 1 atom stereocenters. The van der Waals surface area contributed by atoms with Crippen molar-refractivity contribution in [3.63, 3.8) is 0 Å². The van der Waals surface area contributed by atoms with Crippen molar-refractivity contribution in [1.29, 1.82) is 0 Å². The first-order valence-corrected chi connectivity index (χ1v) is 8.48. The van der Waals surface area contributed by atoms with Gasteiger partial charge in [-0.25, -0.2) is 4.98 Å². The third kappa shape index (κ3) is 3.89. The molecular weight excluding hydrogens is 316 g/mol. The molecule has 25 heavy (non-hydrogen) atoms. The minimum absolute atomic E-state index is 0.0142. The average molecular weight is 340 g/mol. The van der Waals surface area contributed by atoms with Crippen molar-refractivity contribution in [2.24, 2.45) is 0 Å². The Morgan fingerprint density at radius 2 is 2.08 bits per heavy atom. The molecule has 1 aliphatic heterocycles. The van der Waals surface area contributed by atoms with Gasteiger partial charge in [0.15, 0.2) is 0 Å². The number of hydrogen-bond donors (Lipinski definition) is 0. The summed E-state index contributed by atoms with van der Waals surface area (Å²) in [5.41, 5.74) is 2.37. The molecule has 0 unspecified atom stereocenters. The van der Waals surface area contributed by atoms with Crippen molar-refractivity contribution in [3.8, 4) is 0 Å². The number of imidazole rings is 1. The highest BCUT2D eigenvalue weighted by Gasteiger charge is 2.38. The Bertz CT molecular complexity index is 756. The minimum Gasteiger partial charge on any atom is -0.375 e. The van der Waals surface area contributed by atoms with Crippen LogP contribution in [0.2, 0.25) is 0 Å². The number of ether oxygens (including phenoxy) is 2. The topological polar surface area (TPSA) is 53.3 Å². The second-order valence-corrected chi connectivity index (χ2v) is 6.76. The molecule has 0 bridgehead atoms. The summed E-state index contributed by atoms with van der Waals surface area (Å²) in [7, 11) is 0. The van der Waals surface area contributed by atoms with Crippen LogP contribution in [0.25, 0.3) is 0 Å². The number of ketones is 1. The molecule has 1 aliphatic rings. The fourth-order valence-corrected chi connectivity index (χ4v) is 3.04. The highest BCUT2D eigenvalue weighted by atomic mass is 16.6. The minimum atomic E-state index is -0.468. The van der Waals surface area contributed by atoms with E-state index in [4.69, 9.17) is 9.47 Å². The molecule has 0 N–H and O–H groups in total. The summed E-state index contributed by atoms with van der Waals surface area (Å²) in [4.78, 5) is 16.9. The number of benzene rings is 1. The van der Waals surface area contributed by atoms with E-state index in [9.17, 15) is 4.79 Å². The van der Waals surface area contributed by atoms with Crippen LogP contribution in [0.3, 0.4) is 0 Å². The second kappa shape index (κ2) is 7.33. The molecular formula is C20H24N2O3. The van der Waals surface area contributed by atoms with E-state index in [-0.39, 0.29) is 18.4 Å². The van der Waals surface area contributed by atoms with Gasteiger partial charge in [0.25, 0.3) is 0 Å². The van der Waals surface area contributed by atoms with Gasteiger partial charge in [-0.2, -0.15) is 0 Å². The molecule has 0 spiro atoms. The van der Waals surface area contributed by atoms with Gasteiger partial charge in [0.1, 0.15) is 17.9 Å². The lowest BCUT2D eigenvalue weighted by molar-refractivity contribution is -0.175. The first-order valence-electron chi connectivity index (χ1n) is 8.48. The predicted octanol–water partition coefficient (Wildman–Crippen LogP) is 3.43. The van der Waals surface area contributed by atoms with E-state index in [1.807, 2.05) is 54.8 Å². The maximum absolute atomic E-state index is 12.7. The summed E-state index contributed by atoms with van der Waals surface area (Å²) in [6, 6.07) is 10.1. The van der Waals surface area contributed by atoms with Crippen LogP contribution in [-0.4, -0.2) is 40.8 Å². The van der Waals surface area contributed by atoms with Crippen molar-refractivity contribution in [2.75, 3.05) is 19.8 Å². The SMILES string of the molecule is CC(C)=CC1(OCC(=O)c2cncn2[C@H](C)c2ccccc2)COC1. The van der Waals surface area contributed by atoms with Gasteiger partial charge < -0.3 is 14.0 Å². The number of nitrogens with zero attached hydrogens (tertiary/aromatic N) is 2. The smallest absolute Gasteiger partial charge is 0.206 e. The lowest BCUT2D eigenvalue weighted by Crippen LogP contribution is -2.51. The van der Waals surface area contributed by atoms with E-state index in [1.165, 1.54) is 0 Å². The van der Waals surface area contributed by atoms with Gasteiger partial charge >= 0.3 is 0 Å². The fraction of sp³-hybridized carbons (Fsp3) is 0.400. The Kier molecular flexibility index (Phi) is 5.16. The van der Waals surface area contributed by atoms with Crippen LogP contribution in [0.15, 0.2) is 54.5 Å². The fourth-order valence-electron chi connectivity index (χ4n) is 3.04. The molecule has 3 rings (SSSR count). The molecule has 2 heterocycles. The zero-order valence-corrected chi connectivity index (χ0v) is 14.9. The van der Waals surface area contributed by atoms with E-state index < -0.39 is 5.60 Å². The molecule has 1 aromatic heterocycles. The normalized spacial score (nSPS) is 16.8. The van der Waals surface area contributed by atoms with Gasteiger partial charge in [-0.3, -0.25) is 4.79 Å². The predicted molar refractivity (Wildman–Crippen MR) is 95.7 cm³/mol. The van der Waals surface area contributed by atoms with E-state index in [2.05, 4.69) is 11.9 Å². The lowest BCUT2D eigenvalue weighted by Gasteiger charge is -2.39. The molecule has 132 valence electrons. The summed E-state index contributed by atoms with van der Waals surface area (Å²) >= 11 is 0. The van der Waals surface area contributed by atoms with Crippen LogP contribution in [0.4, 0.5) is 0 Å². The Balaban J connectivity index is 1.72.